The van der Waals surface area contributed by atoms with E-state index in [0.717, 1.165) is 43.9 Å². The molecule has 6 rings (SSSR count). The van der Waals surface area contributed by atoms with Crippen LogP contribution in [0, 0.1) is 0 Å². The summed E-state index contributed by atoms with van der Waals surface area (Å²) in [5, 5.41) is 9.47. The van der Waals surface area contributed by atoms with Gasteiger partial charge in [0.05, 0.1) is 25.4 Å². The largest absolute Gasteiger partial charge is 0.481 e. The highest BCUT2D eigenvalue weighted by molar-refractivity contribution is 5.76. The Labute approximate surface area is 260 Å². The zero-order valence-corrected chi connectivity index (χ0v) is 26.1. The Balaban J connectivity index is 1.37. The highest BCUT2D eigenvalue weighted by atomic mass is 16.5. The number of nitrogens with zero attached hydrogens (tertiary/aromatic N) is 5. The first-order chi connectivity index (χ1) is 21.4. The maximum Gasteiger partial charge on any atom is 0.225 e. The molecule has 1 amide bonds. The molecule has 1 aliphatic carbocycles. The van der Waals surface area contributed by atoms with E-state index in [2.05, 4.69) is 70.5 Å². The van der Waals surface area contributed by atoms with E-state index < -0.39 is 0 Å². The summed E-state index contributed by atoms with van der Waals surface area (Å²) in [5.74, 6) is 2.54. The summed E-state index contributed by atoms with van der Waals surface area (Å²) in [6.07, 6.45) is 2.32. The molecule has 44 heavy (non-hydrogen) atoms. The second-order valence-electron chi connectivity index (χ2n) is 12.6. The Morgan fingerprint density at radius 2 is 1.59 bits per heavy atom. The zero-order valence-electron chi connectivity index (χ0n) is 26.1. The Kier molecular flexibility index (Phi) is 9.44. The lowest BCUT2D eigenvalue weighted by molar-refractivity contribution is -0.137. The summed E-state index contributed by atoms with van der Waals surface area (Å²) in [6.45, 7) is 8.19. The number of hydrogen-bond donors (Lipinski definition) is 1. The van der Waals surface area contributed by atoms with Crippen molar-refractivity contribution in [1.29, 1.82) is 0 Å². The Bertz CT molecular complexity index is 1360. The topological polar surface area (TPSA) is 91.3 Å². The van der Waals surface area contributed by atoms with Gasteiger partial charge in [-0.3, -0.25) is 14.6 Å². The van der Waals surface area contributed by atoms with Gasteiger partial charge in [-0.1, -0.05) is 60.7 Å². The van der Waals surface area contributed by atoms with Crippen LogP contribution >= 0.6 is 0 Å². The highest BCUT2D eigenvalue weighted by Crippen LogP contribution is 2.42. The van der Waals surface area contributed by atoms with Gasteiger partial charge in [-0.25, -0.2) is 0 Å². The molecule has 0 bridgehead atoms. The van der Waals surface area contributed by atoms with Crippen molar-refractivity contribution in [2.75, 3.05) is 46.4 Å². The van der Waals surface area contributed by atoms with Gasteiger partial charge in [-0.05, 0) is 37.8 Å². The lowest BCUT2D eigenvalue weighted by atomic mass is 9.81. The van der Waals surface area contributed by atoms with E-state index in [1.165, 1.54) is 11.1 Å². The molecule has 1 aromatic heterocycles. The predicted molar refractivity (Wildman–Crippen MR) is 169 cm³/mol. The van der Waals surface area contributed by atoms with Crippen LogP contribution in [-0.4, -0.2) is 100 Å². The van der Waals surface area contributed by atoms with Crippen molar-refractivity contribution < 1.29 is 19.4 Å². The first-order valence-corrected chi connectivity index (χ1v) is 16.0. The molecule has 0 radical (unpaired) electrons. The number of carbonyl (C=O) groups excluding carboxylic acids is 1. The molecule has 3 aromatic rings. The fourth-order valence-electron chi connectivity index (χ4n) is 6.91. The summed E-state index contributed by atoms with van der Waals surface area (Å²) in [5.41, 5.74) is 3.43. The van der Waals surface area contributed by atoms with Gasteiger partial charge in [0.2, 0.25) is 17.7 Å². The Hall–Kier alpha value is -3.53. The van der Waals surface area contributed by atoms with Crippen LogP contribution in [0.2, 0.25) is 0 Å². The monoisotopic (exact) mass is 599 g/mol. The maximum absolute atomic E-state index is 12.9. The number of rotatable bonds is 11. The molecule has 0 spiro atoms. The Morgan fingerprint density at radius 3 is 2.18 bits per heavy atom. The quantitative estimate of drug-likeness (QED) is 0.353. The van der Waals surface area contributed by atoms with Crippen LogP contribution < -0.4 is 9.47 Å². The number of fused-ring (bicyclic) bond motifs is 1. The molecule has 3 heterocycles. The van der Waals surface area contributed by atoms with Crippen LogP contribution in [0.15, 0.2) is 60.7 Å². The van der Waals surface area contributed by atoms with Gasteiger partial charge in [-0.15, -0.1) is 0 Å². The zero-order chi connectivity index (χ0) is 30.6. The van der Waals surface area contributed by atoms with Crippen molar-refractivity contribution in [3.05, 3.63) is 83.2 Å². The van der Waals surface area contributed by atoms with E-state index in [-0.39, 0.29) is 43.0 Å². The van der Waals surface area contributed by atoms with Crippen molar-refractivity contribution in [3.8, 4) is 11.8 Å². The normalized spacial score (nSPS) is 21.0. The van der Waals surface area contributed by atoms with Gasteiger partial charge in [0.15, 0.2) is 0 Å². The van der Waals surface area contributed by atoms with Gasteiger partial charge < -0.3 is 19.5 Å². The van der Waals surface area contributed by atoms with Crippen LogP contribution in [-0.2, 0) is 11.3 Å². The van der Waals surface area contributed by atoms with Crippen molar-refractivity contribution in [2.24, 2.45) is 0 Å². The molecule has 9 nitrogen and oxygen atoms in total. The standard InChI is InChI=1S/C35H45N5O4/c1-24(2)44-35-29(34(43-3)36-33(37-35)27-14-15-27)22-38-20-28-21-39(31(42)16-19-41)17-18-40(28)30(23-38)32(25-10-6-4-7-11-25)26-12-8-5-9-13-26/h4-13,24,27-28,30,32,41H,14-23H2,1-3H3/t28-,30+/m1/s1. The summed E-state index contributed by atoms with van der Waals surface area (Å²) < 4.78 is 12.2. The smallest absolute Gasteiger partial charge is 0.225 e. The molecule has 3 fully saturated rings. The van der Waals surface area contributed by atoms with Crippen LogP contribution in [0.5, 0.6) is 11.8 Å². The fourth-order valence-corrected chi connectivity index (χ4v) is 6.91. The molecule has 2 aromatic carbocycles. The fraction of sp³-hybridized carbons (Fsp3) is 0.514. The number of methoxy groups -OCH3 is 1. The number of aliphatic hydroxyl groups is 1. The third-order valence-electron chi connectivity index (χ3n) is 9.06. The van der Waals surface area contributed by atoms with Gasteiger partial charge >= 0.3 is 0 Å². The highest BCUT2D eigenvalue weighted by Gasteiger charge is 2.43. The number of benzene rings is 2. The minimum absolute atomic E-state index is 0.0156. The second kappa shape index (κ2) is 13.6. The second-order valence-corrected chi connectivity index (χ2v) is 12.6. The first-order valence-electron chi connectivity index (χ1n) is 16.0. The SMILES string of the molecule is COc1nc(C2CC2)nc(OC(C)C)c1CN1C[C@@H]2CN(C(=O)CCO)CCN2[C@H](C(c2ccccc2)c2ccccc2)C1. The van der Waals surface area contributed by atoms with Gasteiger partial charge in [-0.2, -0.15) is 9.97 Å². The third kappa shape index (κ3) is 6.75. The summed E-state index contributed by atoms with van der Waals surface area (Å²) >= 11 is 0. The lowest BCUT2D eigenvalue weighted by Gasteiger charge is -2.53. The van der Waals surface area contributed by atoms with E-state index in [4.69, 9.17) is 19.4 Å². The average molecular weight is 600 g/mol. The minimum Gasteiger partial charge on any atom is -0.481 e. The van der Waals surface area contributed by atoms with Crippen molar-refractivity contribution in [1.82, 2.24) is 24.7 Å². The number of carbonyl (C=O) groups is 1. The molecule has 0 unspecified atom stereocenters. The van der Waals surface area contributed by atoms with Crippen molar-refractivity contribution in [3.63, 3.8) is 0 Å². The number of piperazine rings is 2. The molecular formula is C35H45N5O4. The number of amides is 1. The van der Waals surface area contributed by atoms with Crippen LogP contribution in [0.4, 0.5) is 0 Å². The average Bonchev–Trinajstić information content (AvgIpc) is 3.88. The van der Waals surface area contributed by atoms with Crippen LogP contribution in [0.25, 0.3) is 0 Å². The Morgan fingerprint density at radius 1 is 0.932 bits per heavy atom. The molecule has 234 valence electrons. The molecule has 2 saturated heterocycles. The van der Waals surface area contributed by atoms with Crippen LogP contribution in [0.1, 0.15) is 67.5 Å². The molecule has 2 aliphatic heterocycles. The molecule has 1 N–H and O–H groups in total. The third-order valence-corrected chi connectivity index (χ3v) is 9.06. The molecule has 3 aliphatic rings. The van der Waals surface area contributed by atoms with E-state index in [9.17, 15) is 9.90 Å². The minimum atomic E-state index is -0.127. The number of aliphatic hydroxyl groups excluding tert-OH is 1. The number of hydrogen-bond acceptors (Lipinski definition) is 8. The molecule has 1 saturated carbocycles. The molecular weight excluding hydrogens is 554 g/mol. The number of ether oxygens (including phenoxy) is 2. The van der Waals surface area contributed by atoms with E-state index in [0.29, 0.717) is 37.3 Å². The van der Waals surface area contributed by atoms with E-state index in [1.54, 1.807) is 7.11 Å². The molecule has 2 atom stereocenters. The van der Waals surface area contributed by atoms with Gasteiger partial charge in [0.25, 0.3) is 0 Å². The maximum atomic E-state index is 12.9. The summed E-state index contributed by atoms with van der Waals surface area (Å²) in [6, 6.07) is 21.8. The van der Waals surface area contributed by atoms with Crippen molar-refractivity contribution >= 4 is 5.91 Å². The van der Waals surface area contributed by atoms with E-state index in [1.807, 2.05) is 18.7 Å². The van der Waals surface area contributed by atoms with Crippen molar-refractivity contribution in [2.45, 2.75) is 69.7 Å². The summed E-state index contributed by atoms with van der Waals surface area (Å²) in [7, 11) is 1.68. The summed E-state index contributed by atoms with van der Waals surface area (Å²) in [4.78, 5) is 29.7. The lowest BCUT2D eigenvalue weighted by Crippen LogP contribution is -2.67. The molecule has 9 heteroatoms. The number of aromatic nitrogens is 2. The van der Waals surface area contributed by atoms with Gasteiger partial charge in [0.1, 0.15) is 5.82 Å². The van der Waals surface area contributed by atoms with Crippen LogP contribution in [0.3, 0.4) is 0 Å². The predicted octanol–water partition coefficient (Wildman–Crippen LogP) is 4.06. The van der Waals surface area contributed by atoms with Gasteiger partial charge in [0, 0.05) is 69.6 Å². The van der Waals surface area contributed by atoms with E-state index >= 15 is 0 Å². The first kappa shape index (κ1) is 30.5.